The lowest BCUT2D eigenvalue weighted by atomic mass is 10.1. The van der Waals surface area contributed by atoms with E-state index in [4.69, 9.17) is 0 Å². The van der Waals surface area contributed by atoms with Crippen molar-refractivity contribution in [3.63, 3.8) is 0 Å². The summed E-state index contributed by atoms with van der Waals surface area (Å²) in [5.74, 6) is 1.15. The summed E-state index contributed by atoms with van der Waals surface area (Å²) < 4.78 is 0.816. The molecule has 2 heterocycles. The molecule has 0 aliphatic rings. The van der Waals surface area contributed by atoms with E-state index >= 15 is 0 Å². The maximum atomic E-state index is 10.4. The number of aromatic nitrogens is 4. The molecule has 0 unspecified atom stereocenters. The first-order chi connectivity index (χ1) is 11.6. The van der Waals surface area contributed by atoms with Gasteiger partial charge in [-0.3, -0.25) is 10.1 Å². The lowest BCUT2D eigenvalue weighted by Crippen LogP contribution is -2.21. The van der Waals surface area contributed by atoms with E-state index in [0.29, 0.717) is 22.9 Å². The Morgan fingerprint density at radius 3 is 2.67 bits per heavy atom. The van der Waals surface area contributed by atoms with Crippen molar-refractivity contribution in [2.24, 2.45) is 0 Å². The third kappa shape index (κ3) is 3.12. The minimum absolute atomic E-state index is 0.169. The summed E-state index contributed by atoms with van der Waals surface area (Å²) in [5.41, 5.74) is 2.24. The second-order valence-electron chi connectivity index (χ2n) is 5.22. The minimum atomic E-state index is 0.169. The average molecular weight is 388 g/mol. The van der Waals surface area contributed by atoms with Crippen molar-refractivity contribution in [3.05, 3.63) is 41.0 Å². The Hall–Kier alpha value is -2.41. The lowest BCUT2D eigenvalue weighted by molar-refractivity contribution is 0.477. The Kier molecular flexibility index (Phi) is 4.80. The lowest BCUT2D eigenvalue weighted by Gasteiger charge is -2.21. The van der Waals surface area contributed by atoms with Gasteiger partial charge in [-0.15, -0.1) is 0 Å². The van der Waals surface area contributed by atoms with Gasteiger partial charge in [-0.05, 0) is 54.0 Å². The number of nitrogens with zero attached hydrogens (tertiary/aromatic N) is 4. The molecule has 0 aliphatic heterocycles. The van der Waals surface area contributed by atoms with Crippen molar-refractivity contribution >= 4 is 21.6 Å². The Labute approximate surface area is 148 Å². The molecular weight excluding hydrogens is 370 g/mol. The van der Waals surface area contributed by atoms with Crippen molar-refractivity contribution in [3.8, 4) is 28.7 Å². The van der Waals surface area contributed by atoms with Crippen LogP contribution in [0.3, 0.4) is 0 Å². The van der Waals surface area contributed by atoms with Gasteiger partial charge in [0, 0.05) is 35.5 Å². The summed E-state index contributed by atoms with van der Waals surface area (Å²) in [6.07, 6.45) is 1.69. The van der Waals surface area contributed by atoms with Gasteiger partial charge in [0.05, 0.1) is 5.56 Å². The third-order valence-electron chi connectivity index (χ3n) is 3.82. The Balaban J connectivity index is 1.95. The fraction of sp³-hybridized carbons (Fsp3) is 0.235. The normalized spacial score (nSPS) is 10.8. The number of phenolic OH excluding ortho intramolecular Hbond substituents is 1. The fourth-order valence-corrected chi connectivity index (χ4v) is 2.98. The first-order valence-electron chi connectivity index (χ1n) is 7.75. The molecule has 1 aromatic carbocycles. The number of nitrogens with one attached hydrogen (secondary N) is 1. The first kappa shape index (κ1) is 16.4. The van der Waals surface area contributed by atoms with Gasteiger partial charge in [-0.1, -0.05) is 0 Å². The number of hydrogen-bond donors (Lipinski definition) is 2. The number of aromatic amines is 1. The van der Waals surface area contributed by atoms with Gasteiger partial charge in [0.15, 0.2) is 5.82 Å². The second-order valence-corrected chi connectivity index (χ2v) is 6.07. The smallest absolute Gasteiger partial charge is 0.201 e. The van der Waals surface area contributed by atoms with Crippen molar-refractivity contribution in [1.82, 2.24) is 20.2 Å². The van der Waals surface area contributed by atoms with Gasteiger partial charge < -0.3 is 10.0 Å². The van der Waals surface area contributed by atoms with Crippen LogP contribution in [0.15, 0.2) is 41.0 Å². The van der Waals surface area contributed by atoms with Gasteiger partial charge >= 0.3 is 0 Å². The van der Waals surface area contributed by atoms with Crippen LogP contribution >= 0.6 is 15.9 Å². The number of hydrogen-bond acceptors (Lipinski definition) is 5. The summed E-state index contributed by atoms with van der Waals surface area (Å²) in [5, 5.41) is 17.5. The minimum Gasteiger partial charge on any atom is -0.507 e. The molecule has 0 fully saturated rings. The van der Waals surface area contributed by atoms with E-state index in [0.717, 1.165) is 23.2 Å². The molecule has 0 aliphatic carbocycles. The van der Waals surface area contributed by atoms with Crippen molar-refractivity contribution in [2.75, 3.05) is 18.0 Å². The number of rotatable bonds is 5. The van der Waals surface area contributed by atoms with Gasteiger partial charge in [0.1, 0.15) is 11.4 Å². The van der Waals surface area contributed by atoms with Gasteiger partial charge in [0.2, 0.25) is 5.82 Å². The average Bonchev–Trinajstić information content (AvgIpc) is 3.06. The molecule has 7 heteroatoms. The molecule has 2 aromatic heterocycles. The van der Waals surface area contributed by atoms with Gasteiger partial charge in [-0.2, -0.15) is 5.10 Å². The summed E-state index contributed by atoms with van der Waals surface area (Å²) in [6.45, 7) is 5.94. The Morgan fingerprint density at radius 1 is 1.21 bits per heavy atom. The maximum absolute atomic E-state index is 10.4. The highest BCUT2D eigenvalue weighted by atomic mass is 79.9. The molecule has 0 amide bonds. The zero-order valence-corrected chi connectivity index (χ0v) is 15.1. The van der Waals surface area contributed by atoms with Crippen LogP contribution in [0.2, 0.25) is 0 Å². The third-order valence-corrected chi connectivity index (χ3v) is 4.46. The van der Waals surface area contributed by atoms with Crippen molar-refractivity contribution < 1.29 is 5.11 Å². The highest BCUT2D eigenvalue weighted by Crippen LogP contribution is 2.32. The van der Waals surface area contributed by atoms with Crippen LogP contribution in [0.25, 0.3) is 22.9 Å². The van der Waals surface area contributed by atoms with Crippen LogP contribution in [0.1, 0.15) is 13.8 Å². The largest absolute Gasteiger partial charge is 0.507 e. The number of aromatic hydroxyl groups is 1. The van der Waals surface area contributed by atoms with E-state index in [1.807, 2.05) is 24.3 Å². The maximum Gasteiger partial charge on any atom is 0.201 e. The van der Waals surface area contributed by atoms with Crippen LogP contribution in [0, 0.1) is 0 Å². The predicted molar refractivity (Wildman–Crippen MR) is 98.0 cm³/mol. The summed E-state index contributed by atoms with van der Waals surface area (Å²) in [4.78, 5) is 10.9. The van der Waals surface area contributed by atoms with E-state index in [9.17, 15) is 5.11 Å². The molecule has 0 bridgehead atoms. The monoisotopic (exact) mass is 387 g/mol. The number of anilines is 1. The van der Waals surface area contributed by atoms with Gasteiger partial charge in [0.25, 0.3) is 0 Å². The molecule has 0 saturated heterocycles. The standard InChI is InChI=1S/C17H18BrN5O/c1-3-23(4-2)11-7-8-12(14(24)10-11)16-20-17(22-21-16)15-13(18)6-5-9-19-15/h5-10,24H,3-4H2,1-2H3,(H,20,21,22). The molecule has 24 heavy (non-hydrogen) atoms. The molecule has 0 spiro atoms. The fourth-order valence-electron chi connectivity index (χ4n) is 2.54. The molecule has 0 saturated carbocycles. The Morgan fingerprint density at radius 2 is 2.00 bits per heavy atom. The van der Waals surface area contributed by atoms with E-state index in [1.54, 1.807) is 12.3 Å². The molecule has 3 rings (SSSR count). The number of phenols is 1. The summed E-state index contributed by atoms with van der Waals surface area (Å²) in [7, 11) is 0. The van der Waals surface area contributed by atoms with Crippen LogP contribution in [-0.4, -0.2) is 38.4 Å². The number of H-pyrrole nitrogens is 1. The predicted octanol–water partition coefficient (Wildman–Crippen LogP) is 3.85. The molecule has 3 aromatic rings. The highest BCUT2D eigenvalue weighted by molar-refractivity contribution is 9.10. The van der Waals surface area contributed by atoms with E-state index in [2.05, 4.69) is 54.8 Å². The number of pyridine rings is 1. The molecule has 6 nitrogen and oxygen atoms in total. The van der Waals surface area contributed by atoms with E-state index in [-0.39, 0.29) is 5.75 Å². The second kappa shape index (κ2) is 7.00. The topological polar surface area (TPSA) is 77.9 Å². The molecular formula is C17H18BrN5O. The quantitative estimate of drug-likeness (QED) is 0.694. The van der Waals surface area contributed by atoms with E-state index < -0.39 is 0 Å². The zero-order chi connectivity index (χ0) is 17.1. The van der Waals surface area contributed by atoms with Gasteiger partial charge in [-0.25, -0.2) is 4.98 Å². The Bertz CT molecular complexity index is 845. The molecule has 124 valence electrons. The van der Waals surface area contributed by atoms with Crippen LogP contribution < -0.4 is 4.90 Å². The summed E-state index contributed by atoms with van der Waals surface area (Å²) in [6, 6.07) is 9.29. The first-order valence-corrected chi connectivity index (χ1v) is 8.55. The van der Waals surface area contributed by atoms with Crippen molar-refractivity contribution in [1.29, 1.82) is 0 Å². The van der Waals surface area contributed by atoms with Crippen LogP contribution in [0.4, 0.5) is 5.69 Å². The van der Waals surface area contributed by atoms with Crippen LogP contribution in [0.5, 0.6) is 5.75 Å². The number of benzene rings is 1. The highest BCUT2D eigenvalue weighted by Gasteiger charge is 2.15. The summed E-state index contributed by atoms with van der Waals surface area (Å²) >= 11 is 3.44. The van der Waals surface area contributed by atoms with Crippen LogP contribution in [-0.2, 0) is 0 Å². The van der Waals surface area contributed by atoms with Crippen molar-refractivity contribution in [2.45, 2.75) is 13.8 Å². The molecule has 0 atom stereocenters. The SMILES string of the molecule is CCN(CC)c1ccc(-c2nc(-c3ncccc3Br)n[nH]2)c(O)c1. The number of halogens is 1. The zero-order valence-electron chi connectivity index (χ0n) is 13.5. The van der Waals surface area contributed by atoms with E-state index in [1.165, 1.54) is 0 Å². The molecule has 0 radical (unpaired) electrons. The molecule has 2 N–H and O–H groups in total.